The van der Waals surface area contributed by atoms with Crippen molar-refractivity contribution in [3.8, 4) is 0 Å². The summed E-state index contributed by atoms with van der Waals surface area (Å²) in [5.74, 6) is -21.4. The van der Waals surface area contributed by atoms with E-state index in [4.69, 9.17) is 36.0 Å². The van der Waals surface area contributed by atoms with Crippen LogP contribution in [-0.2, 0) is 122 Å². The number of rotatable bonds is 45. The van der Waals surface area contributed by atoms with Gasteiger partial charge in [0.1, 0.15) is 62.5 Å². The Labute approximate surface area is 804 Å². The van der Waals surface area contributed by atoms with Gasteiger partial charge in [-0.2, -0.15) is 0 Å². The molecule has 742 valence electrons. The fourth-order valence-electron chi connectivity index (χ4n) is 14.5. The van der Waals surface area contributed by atoms with Crippen molar-refractivity contribution in [2.24, 2.45) is 28.1 Å². The number of hydrogen-bond donors (Lipinski definition) is 20. The summed E-state index contributed by atoms with van der Waals surface area (Å²) in [6.45, 7) is 7.53. The van der Waals surface area contributed by atoms with Crippen LogP contribution in [0.3, 0.4) is 0 Å². The first kappa shape index (κ1) is 115. The number of carboxylic acids is 6. The molecule has 5 aromatic carbocycles. The topological polar surface area (TPSA) is 758 Å². The normalized spacial score (nSPS) is 16.3. The van der Waals surface area contributed by atoms with Gasteiger partial charge in [0.2, 0.25) is 70.9 Å². The molecule has 1 aromatic heterocycles. The van der Waals surface area contributed by atoms with Gasteiger partial charge in [-0.05, 0) is 112 Å². The molecule has 0 saturated carbocycles. The van der Waals surface area contributed by atoms with Gasteiger partial charge < -0.3 is 128 Å². The van der Waals surface area contributed by atoms with E-state index in [1.165, 1.54) is 45.6 Å². The van der Waals surface area contributed by atoms with Gasteiger partial charge in [0.15, 0.2) is 5.96 Å². The third kappa shape index (κ3) is 39.0. The number of aliphatic imine (C=N–C) groups is 1. The van der Waals surface area contributed by atoms with E-state index in [-0.39, 0.29) is 88.5 Å². The second-order valence-corrected chi connectivity index (χ2v) is 39.5. The number of benzene rings is 5. The van der Waals surface area contributed by atoms with Gasteiger partial charge in [0.05, 0.1) is 38.0 Å². The summed E-state index contributed by atoms with van der Waals surface area (Å²) in [5, 5.41) is 96.5. The first-order valence-electron chi connectivity index (χ1n) is 42.5. The molecule has 27 N–H and O–H groups in total. The zero-order valence-electron chi connectivity index (χ0n) is 75.3. The number of nitrogens with one attached hydrogen (secondary N) is 11. The molecule has 3 heterocycles. The number of nitrogens with two attached hydrogens (primary N) is 3. The average Bonchev–Trinajstić information content (AvgIpc) is 1.56. The molecule has 44 nitrogen and oxygen atoms in total. The molecule has 8 rings (SSSR count). The molecule has 9 atom stereocenters. The molecule has 0 bridgehead atoms. The Balaban J connectivity index is 0.000000611. The molecule has 1 fully saturated rings. The minimum absolute atomic E-state index is 0. The van der Waals surface area contributed by atoms with E-state index >= 15 is 0 Å². The summed E-state index contributed by atoms with van der Waals surface area (Å²) in [6, 6.07) is 34.2. The zero-order valence-corrected chi connectivity index (χ0v) is 80.1. The zero-order chi connectivity index (χ0) is 99.6. The van der Waals surface area contributed by atoms with Crippen LogP contribution in [0.2, 0.25) is 13.1 Å². The van der Waals surface area contributed by atoms with E-state index in [0.717, 1.165) is 22.3 Å². The number of aliphatic carboxylic acids is 6. The second-order valence-electron chi connectivity index (χ2n) is 32.0. The van der Waals surface area contributed by atoms with Crippen LogP contribution in [0, 0.1) is 5.92 Å². The molecule has 2 aliphatic rings. The SMILES string of the molecule is CC(C)[C@@H](NC(=O)[C@@H](CCC(=O)O)NC(=O)[C@@H](CC(=O)O)NC(=O)CCC(=O)[O-])C(=O)N[C@H](CC(=O)O)C(=O)N[C@@H](Cc1cn(Cc2ccc(C3=C(c4ccccc4)C(c4ccccc4)=C(c4ccccc4)[Si]3(C)C)cc2)nn1)C(N)=O.N.N.NC(N)=NCCC[C@@H]1NC(=O)C(CCCCNC(=O)CCC(=O)[O-])NC(=O)[C@@H](Cc2ccccc2)NC(=O)[C@H](CC(=O)O)NC(=O)CNC1=O.[Cl][Pt+2][Cl]. The van der Waals surface area contributed by atoms with Gasteiger partial charge in [-0.25, -0.2) is 4.68 Å². The predicted molar refractivity (Wildman–Crippen MR) is 495 cm³/mol. The number of guanidine groups is 1. The van der Waals surface area contributed by atoms with Gasteiger partial charge in [0.25, 0.3) is 0 Å². The molecule has 2 aliphatic heterocycles. The Morgan fingerprint density at radius 2 is 0.978 bits per heavy atom. The van der Waals surface area contributed by atoms with Crippen molar-refractivity contribution in [1.82, 2.24) is 85.8 Å². The van der Waals surface area contributed by atoms with E-state index in [9.17, 15) is 117 Å². The van der Waals surface area contributed by atoms with Crippen LogP contribution in [0.4, 0.5) is 0 Å². The Bertz CT molecular complexity index is 5290. The van der Waals surface area contributed by atoms with Gasteiger partial charge in [-0.1, -0.05) is 178 Å². The van der Waals surface area contributed by atoms with Crippen LogP contribution in [0.25, 0.3) is 21.5 Å². The molecule has 1 unspecified atom stereocenters. The van der Waals surface area contributed by atoms with Crippen molar-refractivity contribution < 1.29 is 133 Å². The number of hydrogen-bond acceptors (Lipinski definition) is 25. The maximum atomic E-state index is 13.8. The third-order valence-electron chi connectivity index (χ3n) is 20.9. The van der Waals surface area contributed by atoms with Crippen LogP contribution in [0.5, 0.6) is 0 Å². The summed E-state index contributed by atoms with van der Waals surface area (Å²) < 4.78 is 1.54. The Kier molecular flexibility index (Phi) is 48.9. The number of primary amides is 1. The molecular formula is C89H114Cl2N20O24PtSi. The van der Waals surface area contributed by atoms with Crippen molar-refractivity contribution in [2.45, 2.75) is 191 Å². The molecule has 0 radical (unpaired) electrons. The van der Waals surface area contributed by atoms with Crippen molar-refractivity contribution >= 4 is 161 Å². The predicted octanol–water partition coefficient (Wildman–Crippen LogP) is -0.556. The number of amides is 12. The van der Waals surface area contributed by atoms with Crippen LogP contribution in [0.15, 0.2) is 157 Å². The van der Waals surface area contributed by atoms with Gasteiger partial charge in [0, 0.05) is 63.3 Å². The maximum absolute atomic E-state index is 13.8. The summed E-state index contributed by atoms with van der Waals surface area (Å²) >= 11 is -0.472. The van der Waals surface area contributed by atoms with E-state index < -0.39 is 249 Å². The Morgan fingerprint density at radius 1 is 0.518 bits per heavy atom. The quantitative estimate of drug-likeness (QED) is 0.00986. The fourth-order valence-corrected chi connectivity index (χ4v) is 18.3. The molecule has 6 aromatic rings. The number of halogens is 2. The molecule has 1 saturated heterocycles. The van der Waals surface area contributed by atoms with Crippen molar-refractivity contribution in [1.29, 1.82) is 0 Å². The van der Waals surface area contributed by atoms with Gasteiger partial charge >= 0.3 is 59.2 Å². The average molecular weight is 2140 g/mol. The van der Waals surface area contributed by atoms with Crippen LogP contribution >= 0.6 is 18.8 Å². The molecule has 0 aliphatic carbocycles. The molecule has 48 heteroatoms. The first-order valence-corrected chi connectivity index (χ1v) is 51.1. The molecule has 137 heavy (non-hydrogen) atoms. The number of unbranched alkanes of at least 4 members (excludes halogenated alkanes) is 1. The summed E-state index contributed by atoms with van der Waals surface area (Å²) in [4.78, 5) is 230. The number of carbonyl (C=O) groups excluding carboxylic acids is 14. The van der Waals surface area contributed by atoms with Gasteiger partial charge in [-0.3, -0.25) is 81.7 Å². The van der Waals surface area contributed by atoms with E-state index in [1.807, 2.05) is 47.8 Å². The second kappa shape index (κ2) is 58.2. The van der Waals surface area contributed by atoms with Crippen molar-refractivity contribution in [2.75, 3.05) is 19.6 Å². The standard InChI is InChI=1S/C58H65N9O14Si.C31H45N9O10.2ClH.2H3N.Pt/c1-33(2)51(64-55(78)40(24-26-45(69)70)61-56(79)42(29-47(73)74)60-44(68)25-27-46(71)72)58(81)63-43(30-48(75)76)57(80)62-41(54(59)77)28-39-32-67(66-65-39)31-34-20-22-38(23-21-34)53-50(36-16-10-6-11-17-36)49(35-14-8-5-9-15-35)52(82(53,3)4)37-18-12-7-13-19-37;32-31(33)35-14-6-10-19-27(47)36-17-24(42)37-22(16-26(45)46)30(50)40-21(15-18-7-2-1-3-8-18)29(49)39-20(28(48)38-19)9-4-5-13-34-23(41)11-12-25(43)44;;;;;/h5-23,32-33,40-43,51H,24-31H2,1-4H3,(H2,59,77)(H,60,68)(H,61,79)(H,62,80)(H,63,81)(H,64,78)(H,69,70)(H,71,72)(H,73,74)(H,75,76);1-3,7-8,19-22H,4-6,9-17H2,(H,34,41)(H,36,47)(H,37,42)(H,38,48)(H,39,49)(H,40,50)(H,43,44)(H,45,46)(H4,32,33,35);2*1H;2*1H3;/q;;;;;;+4/p-4/t40-,41+,42-,43-,51-;19-,20?,21+,22-;;;;;/m10...../s1. The first-order chi connectivity index (χ1) is 64.1. The van der Waals surface area contributed by atoms with Gasteiger partial charge in [-0.15, -0.1) is 5.10 Å². The monoisotopic (exact) mass is 2140 g/mol. The number of carboxylic acid groups (broad SMARTS) is 6. The number of allylic oxidation sites excluding steroid dienone is 2. The number of aromatic nitrogens is 3. The minimum atomic E-state index is -2.43. The van der Waals surface area contributed by atoms with Crippen LogP contribution < -0.4 is 98.2 Å². The summed E-state index contributed by atoms with van der Waals surface area (Å²) in [6.07, 6.45) is -4.31. The van der Waals surface area contributed by atoms with E-state index in [0.29, 0.717) is 12.0 Å². The van der Waals surface area contributed by atoms with E-state index in [2.05, 4.69) is 154 Å². The Morgan fingerprint density at radius 3 is 1.48 bits per heavy atom. The number of nitrogens with zero attached hydrogens (tertiary/aromatic N) is 4. The van der Waals surface area contributed by atoms with Crippen molar-refractivity contribution in [3.63, 3.8) is 0 Å². The van der Waals surface area contributed by atoms with Crippen LogP contribution in [0.1, 0.15) is 143 Å². The number of carbonyl (C=O) groups is 18. The summed E-state index contributed by atoms with van der Waals surface area (Å²) in [5.41, 5.74) is 25.1. The molecule has 12 amide bonds. The molecule has 0 spiro atoms. The van der Waals surface area contributed by atoms with E-state index in [1.54, 1.807) is 36.5 Å². The third-order valence-corrected chi connectivity index (χ3v) is 24.5. The summed E-state index contributed by atoms with van der Waals surface area (Å²) in [7, 11) is 7.32. The van der Waals surface area contributed by atoms with Crippen molar-refractivity contribution in [3.05, 3.63) is 191 Å². The van der Waals surface area contributed by atoms with Crippen LogP contribution in [-0.4, -0.2) is 230 Å². The Hall–Kier alpha value is -14.1. The molecular weight excluding hydrogens is 2030 g/mol. The fraction of sp³-hybridized carbons (Fsp3) is 0.382.